The van der Waals surface area contributed by atoms with Crippen molar-refractivity contribution in [2.24, 2.45) is 0 Å². The summed E-state index contributed by atoms with van der Waals surface area (Å²) in [5, 5.41) is 3.41. The van der Waals surface area contributed by atoms with Gasteiger partial charge in [-0.15, -0.1) is 0 Å². The van der Waals surface area contributed by atoms with E-state index in [0.29, 0.717) is 11.1 Å². The molecule has 0 amide bonds. The van der Waals surface area contributed by atoms with Crippen molar-refractivity contribution in [3.05, 3.63) is 65.0 Å². The molecule has 0 saturated heterocycles. The SMILES string of the molecule is CCCCCNc1ccc(C(=O)C(C)c2ccccc2F)cc1C. The Morgan fingerprint density at radius 3 is 2.58 bits per heavy atom. The van der Waals surface area contributed by atoms with E-state index < -0.39 is 5.92 Å². The van der Waals surface area contributed by atoms with Crippen LogP contribution in [0.5, 0.6) is 0 Å². The Morgan fingerprint density at radius 2 is 1.92 bits per heavy atom. The number of nitrogens with one attached hydrogen (secondary N) is 1. The maximum Gasteiger partial charge on any atom is 0.170 e. The van der Waals surface area contributed by atoms with Gasteiger partial charge in [-0.25, -0.2) is 4.39 Å². The van der Waals surface area contributed by atoms with Crippen molar-refractivity contribution in [3.8, 4) is 0 Å². The summed E-state index contributed by atoms with van der Waals surface area (Å²) in [6.45, 7) is 6.87. The van der Waals surface area contributed by atoms with E-state index in [4.69, 9.17) is 0 Å². The minimum atomic E-state index is -0.492. The van der Waals surface area contributed by atoms with Gasteiger partial charge in [-0.2, -0.15) is 0 Å². The molecule has 0 spiro atoms. The zero-order valence-electron chi connectivity index (χ0n) is 14.7. The molecule has 0 saturated carbocycles. The Bertz CT molecular complexity index is 696. The lowest BCUT2D eigenvalue weighted by Gasteiger charge is -2.14. The van der Waals surface area contributed by atoms with Crippen LogP contribution in [-0.4, -0.2) is 12.3 Å². The third-order valence-electron chi connectivity index (χ3n) is 4.37. The van der Waals surface area contributed by atoms with Gasteiger partial charge in [0.15, 0.2) is 5.78 Å². The quantitative estimate of drug-likeness (QED) is 0.496. The average Bonchev–Trinajstić information content (AvgIpc) is 2.59. The fourth-order valence-corrected chi connectivity index (χ4v) is 2.83. The molecule has 2 nitrogen and oxygen atoms in total. The summed E-state index contributed by atoms with van der Waals surface area (Å²) >= 11 is 0. The Hall–Kier alpha value is -2.16. The summed E-state index contributed by atoms with van der Waals surface area (Å²) in [6, 6.07) is 12.1. The molecule has 24 heavy (non-hydrogen) atoms. The first-order valence-corrected chi connectivity index (χ1v) is 8.67. The minimum absolute atomic E-state index is 0.0549. The highest BCUT2D eigenvalue weighted by Gasteiger charge is 2.20. The first kappa shape index (κ1) is 18.2. The fourth-order valence-electron chi connectivity index (χ4n) is 2.83. The molecule has 0 heterocycles. The van der Waals surface area contributed by atoms with Gasteiger partial charge in [0.1, 0.15) is 5.82 Å². The second-order valence-corrected chi connectivity index (χ2v) is 6.27. The van der Waals surface area contributed by atoms with Gasteiger partial charge in [0.05, 0.1) is 0 Å². The van der Waals surface area contributed by atoms with Crippen LogP contribution in [0.15, 0.2) is 42.5 Å². The maximum absolute atomic E-state index is 13.9. The highest BCUT2D eigenvalue weighted by Crippen LogP contribution is 2.25. The molecule has 1 N–H and O–H groups in total. The number of rotatable bonds is 8. The molecule has 3 heteroatoms. The van der Waals surface area contributed by atoms with Gasteiger partial charge in [-0.3, -0.25) is 4.79 Å². The van der Waals surface area contributed by atoms with Gasteiger partial charge < -0.3 is 5.32 Å². The minimum Gasteiger partial charge on any atom is -0.385 e. The summed E-state index contributed by atoms with van der Waals surface area (Å²) in [7, 11) is 0. The van der Waals surface area contributed by atoms with Crippen LogP contribution >= 0.6 is 0 Å². The van der Waals surface area contributed by atoms with E-state index in [2.05, 4.69) is 12.2 Å². The number of hydrogen-bond donors (Lipinski definition) is 1. The molecule has 0 radical (unpaired) electrons. The molecule has 0 aliphatic rings. The molecule has 1 atom stereocenters. The van der Waals surface area contributed by atoms with E-state index in [1.165, 1.54) is 18.9 Å². The number of halogens is 1. The predicted octanol–water partition coefficient (Wildman–Crippen LogP) is 5.72. The molecule has 128 valence electrons. The normalized spacial score (nSPS) is 12.0. The van der Waals surface area contributed by atoms with Crippen LogP contribution in [0, 0.1) is 12.7 Å². The van der Waals surface area contributed by atoms with Crippen molar-refractivity contribution in [1.82, 2.24) is 0 Å². The summed E-state index contributed by atoms with van der Waals surface area (Å²) in [6.07, 6.45) is 3.55. The number of unbranched alkanes of at least 4 members (excludes halogenated alkanes) is 2. The van der Waals surface area contributed by atoms with E-state index in [1.54, 1.807) is 25.1 Å². The van der Waals surface area contributed by atoms with Crippen molar-refractivity contribution in [1.29, 1.82) is 0 Å². The third-order valence-corrected chi connectivity index (χ3v) is 4.37. The van der Waals surface area contributed by atoms with E-state index in [9.17, 15) is 9.18 Å². The fraction of sp³-hybridized carbons (Fsp3) is 0.381. The molecule has 0 aromatic heterocycles. The lowest BCUT2D eigenvalue weighted by Crippen LogP contribution is -2.12. The van der Waals surface area contributed by atoms with Gasteiger partial charge in [0.2, 0.25) is 0 Å². The topological polar surface area (TPSA) is 29.1 Å². The van der Waals surface area contributed by atoms with Crippen molar-refractivity contribution < 1.29 is 9.18 Å². The number of benzene rings is 2. The predicted molar refractivity (Wildman–Crippen MR) is 98.3 cm³/mol. The molecule has 2 rings (SSSR count). The van der Waals surface area contributed by atoms with Crippen LogP contribution in [-0.2, 0) is 0 Å². The summed E-state index contributed by atoms with van der Waals surface area (Å²) in [4.78, 5) is 12.7. The van der Waals surface area contributed by atoms with Crippen molar-refractivity contribution in [3.63, 3.8) is 0 Å². The number of hydrogen-bond acceptors (Lipinski definition) is 2. The van der Waals surface area contributed by atoms with Crippen molar-refractivity contribution in [2.75, 3.05) is 11.9 Å². The third kappa shape index (κ3) is 4.44. The standard InChI is InChI=1S/C21H26FNO/c1-4-5-8-13-23-20-12-11-17(14-15(20)2)21(24)16(3)18-9-6-7-10-19(18)22/h6-7,9-12,14,16,23H,4-5,8,13H2,1-3H3. The van der Waals surface area contributed by atoms with Crippen LogP contribution in [0.4, 0.5) is 10.1 Å². The monoisotopic (exact) mass is 327 g/mol. The lowest BCUT2D eigenvalue weighted by molar-refractivity contribution is 0.0964. The number of aryl methyl sites for hydroxylation is 1. The van der Waals surface area contributed by atoms with E-state index in [1.807, 2.05) is 25.1 Å². The van der Waals surface area contributed by atoms with Crippen LogP contribution in [0.1, 0.15) is 60.5 Å². The number of carbonyl (C=O) groups is 1. The van der Waals surface area contributed by atoms with Gasteiger partial charge in [0.25, 0.3) is 0 Å². The van der Waals surface area contributed by atoms with Gasteiger partial charge in [0, 0.05) is 23.7 Å². The second-order valence-electron chi connectivity index (χ2n) is 6.27. The van der Waals surface area contributed by atoms with Gasteiger partial charge >= 0.3 is 0 Å². The maximum atomic E-state index is 13.9. The number of carbonyl (C=O) groups excluding carboxylic acids is 1. The lowest BCUT2D eigenvalue weighted by atomic mass is 9.91. The smallest absolute Gasteiger partial charge is 0.170 e. The van der Waals surface area contributed by atoms with E-state index in [0.717, 1.165) is 24.2 Å². The Balaban J connectivity index is 2.10. The number of anilines is 1. The number of Topliss-reactive ketones (excluding diaryl/α,β-unsaturated/α-hetero) is 1. The zero-order chi connectivity index (χ0) is 17.5. The van der Waals surface area contributed by atoms with E-state index in [-0.39, 0.29) is 11.6 Å². The van der Waals surface area contributed by atoms with Crippen LogP contribution in [0.2, 0.25) is 0 Å². The number of ketones is 1. The molecule has 2 aromatic rings. The molecular weight excluding hydrogens is 301 g/mol. The first-order chi connectivity index (χ1) is 11.5. The first-order valence-electron chi connectivity index (χ1n) is 8.67. The Labute approximate surface area is 144 Å². The summed E-state index contributed by atoms with van der Waals surface area (Å²) in [5.41, 5.74) is 3.17. The molecule has 0 aliphatic heterocycles. The largest absolute Gasteiger partial charge is 0.385 e. The van der Waals surface area contributed by atoms with Crippen LogP contribution in [0.3, 0.4) is 0 Å². The van der Waals surface area contributed by atoms with Crippen LogP contribution < -0.4 is 5.32 Å². The zero-order valence-corrected chi connectivity index (χ0v) is 14.7. The molecular formula is C21H26FNO. The molecule has 0 bridgehead atoms. The highest BCUT2D eigenvalue weighted by molar-refractivity contribution is 6.01. The van der Waals surface area contributed by atoms with Crippen molar-refractivity contribution >= 4 is 11.5 Å². The Morgan fingerprint density at radius 1 is 1.17 bits per heavy atom. The molecule has 0 fully saturated rings. The second kappa shape index (κ2) is 8.62. The van der Waals surface area contributed by atoms with Gasteiger partial charge in [-0.1, -0.05) is 44.9 Å². The van der Waals surface area contributed by atoms with Crippen LogP contribution in [0.25, 0.3) is 0 Å². The van der Waals surface area contributed by atoms with E-state index >= 15 is 0 Å². The molecule has 1 unspecified atom stereocenters. The summed E-state index contributed by atoms with van der Waals surface area (Å²) in [5.74, 6) is -0.876. The Kier molecular flexibility index (Phi) is 6.53. The highest BCUT2D eigenvalue weighted by atomic mass is 19.1. The average molecular weight is 327 g/mol. The molecule has 0 aliphatic carbocycles. The van der Waals surface area contributed by atoms with Crippen molar-refractivity contribution in [2.45, 2.75) is 46.0 Å². The van der Waals surface area contributed by atoms with Gasteiger partial charge in [-0.05, 0) is 48.7 Å². The molecule has 2 aromatic carbocycles. The summed E-state index contributed by atoms with van der Waals surface area (Å²) < 4.78 is 13.9.